The van der Waals surface area contributed by atoms with Crippen molar-refractivity contribution in [3.63, 3.8) is 0 Å². The number of morpholine rings is 1. The third-order valence-electron chi connectivity index (χ3n) is 3.25. The Bertz CT molecular complexity index is 579. The number of aromatic hydroxyl groups is 1. The van der Waals surface area contributed by atoms with Crippen LogP contribution in [0.4, 0.5) is 0 Å². The lowest BCUT2D eigenvalue weighted by Gasteiger charge is -2.25. The van der Waals surface area contributed by atoms with E-state index in [2.05, 4.69) is 27.3 Å². The van der Waals surface area contributed by atoms with E-state index < -0.39 is 0 Å². The lowest BCUT2D eigenvalue weighted by molar-refractivity contribution is 0.0273. The van der Waals surface area contributed by atoms with Gasteiger partial charge in [0.2, 0.25) is 0 Å². The first-order valence-corrected chi connectivity index (χ1v) is 6.78. The Hall–Kier alpha value is -1.10. The van der Waals surface area contributed by atoms with Crippen LogP contribution in [0.2, 0.25) is 0 Å². The molecule has 0 aromatic heterocycles. The first-order chi connectivity index (χ1) is 8.75. The van der Waals surface area contributed by atoms with Crippen molar-refractivity contribution in [1.82, 2.24) is 5.32 Å². The normalized spacial score (nSPS) is 20.2. The fraction of sp³-hybridized carbons (Fsp3) is 0.286. The highest BCUT2D eigenvalue weighted by Crippen LogP contribution is 2.35. The van der Waals surface area contributed by atoms with Gasteiger partial charge in [-0.1, -0.05) is 28.1 Å². The van der Waals surface area contributed by atoms with Crippen molar-refractivity contribution >= 4 is 26.7 Å². The van der Waals surface area contributed by atoms with E-state index in [1.165, 1.54) is 0 Å². The summed E-state index contributed by atoms with van der Waals surface area (Å²) in [6.07, 6.45) is -0.0800. The highest BCUT2D eigenvalue weighted by atomic mass is 79.9. The summed E-state index contributed by atoms with van der Waals surface area (Å²) in [5.74, 6) is 0.304. The lowest BCUT2D eigenvalue weighted by Crippen LogP contribution is -2.33. The summed E-state index contributed by atoms with van der Waals surface area (Å²) in [5.41, 5.74) is 0.882. The van der Waals surface area contributed by atoms with Gasteiger partial charge in [0.1, 0.15) is 5.75 Å². The highest BCUT2D eigenvalue weighted by molar-refractivity contribution is 9.10. The van der Waals surface area contributed by atoms with E-state index in [1.54, 1.807) is 6.07 Å². The Balaban J connectivity index is 2.16. The van der Waals surface area contributed by atoms with Crippen LogP contribution in [-0.2, 0) is 4.74 Å². The van der Waals surface area contributed by atoms with Gasteiger partial charge in [-0.15, -0.1) is 0 Å². The molecule has 4 heteroatoms. The number of benzene rings is 2. The van der Waals surface area contributed by atoms with Crippen molar-refractivity contribution in [1.29, 1.82) is 0 Å². The maximum atomic E-state index is 10.1. The second-order valence-electron chi connectivity index (χ2n) is 4.43. The number of halogens is 1. The summed E-state index contributed by atoms with van der Waals surface area (Å²) in [5, 5.41) is 15.6. The van der Waals surface area contributed by atoms with Gasteiger partial charge in [0, 0.05) is 23.1 Å². The molecule has 1 atom stereocenters. The van der Waals surface area contributed by atoms with Gasteiger partial charge in [0.25, 0.3) is 0 Å². The molecule has 2 aromatic rings. The van der Waals surface area contributed by atoms with Crippen LogP contribution < -0.4 is 5.32 Å². The quantitative estimate of drug-likeness (QED) is 0.851. The number of hydrogen-bond donors (Lipinski definition) is 2. The topological polar surface area (TPSA) is 41.5 Å². The number of nitrogens with one attached hydrogen (secondary N) is 1. The molecule has 0 bridgehead atoms. The molecule has 0 saturated carbocycles. The van der Waals surface area contributed by atoms with Crippen molar-refractivity contribution in [3.05, 3.63) is 40.4 Å². The molecule has 94 valence electrons. The molecule has 1 fully saturated rings. The van der Waals surface area contributed by atoms with Crippen LogP contribution in [0.25, 0.3) is 10.8 Å². The second kappa shape index (κ2) is 4.88. The Morgan fingerprint density at radius 3 is 2.94 bits per heavy atom. The molecule has 1 aliphatic heterocycles. The molecule has 0 aliphatic carbocycles. The maximum Gasteiger partial charge on any atom is 0.122 e. The van der Waals surface area contributed by atoms with Crippen LogP contribution >= 0.6 is 15.9 Å². The van der Waals surface area contributed by atoms with Crippen LogP contribution in [0, 0.1) is 0 Å². The van der Waals surface area contributed by atoms with E-state index in [-0.39, 0.29) is 6.10 Å². The van der Waals surface area contributed by atoms with E-state index in [1.807, 2.05) is 18.2 Å². The van der Waals surface area contributed by atoms with Gasteiger partial charge in [-0.25, -0.2) is 0 Å². The van der Waals surface area contributed by atoms with E-state index in [0.717, 1.165) is 33.9 Å². The van der Waals surface area contributed by atoms with Crippen LogP contribution in [0.1, 0.15) is 11.7 Å². The van der Waals surface area contributed by atoms with Crippen LogP contribution in [0.15, 0.2) is 34.8 Å². The molecule has 0 radical (unpaired) electrons. The molecule has 1 saturated heterocycles. The summed E-state index contributed by atoms with van der Waals surface area (Å²) in [6.45, 7) is 2.29. The van der Waals surface area contributed by atoms with E-state index in [0.29, 0.717) is 12.4 Å². The van der Waals surface area contributed by atoms with Gasteiger partial charge >= 0.3 is 0 Å². The summed E-state index contributed by atoms with van der Waals surface area (Å²) < 4.78 is 6.79. The smallest absolute Gasteiger partial charge is 0.122 e. The summed E-state index contributed by atoms with van der Waals surface area (Å²) in [6, 6.07) is 9.72. The minimum absolute atomic E-state index is 0.0800. The molecule has 2 N–H and O–H groups in total. The third-order valence-corrected chi connectivity index (χ3v) is 3.74. The Morgan fingerprint density at radius 1 is 1.28 bits per heavy atom. The summed E-state index contributed by atoms with van der Waals surface area (Å²) in [4.78, 5) is 0. The fourth-order valence-electron chi connectivity index (χ4n) is 2.40. The number of hydrogen-bond acceptors (Lipinski definition) is 3. The molecule has 2 aromatic carbocycles. The van der Waals surface area contributed by atoms with Crippen LogP contribution in [0.3, 0.4) is 0 Å². The fourth-order valence-corrected chi connectivity index (χ4v) is 2.78. The minimum atomic E-state index is -0.0800. The van der Waals surface area contributed by atoms with Crippen molar-refractivity contribution in [2.24, 2.45) is 0 Å². The molecule has 3 nitrogen and oxygen atoms in total. The Kier molecular flexibility index (Phi) is 3.24. The summed E-state index contributed by atoms with van der Waals surface area (Å²) in [7, 11) is 0. The van der Waals surface area contributed by atoms with Gasteiger partial charge in [-0.3, -0.25) is 0 Å². The number of phenols is 1. The van der Waals surface area contributed by atoms with Gasteiger partial charge in [-0.2, -0.15) is 0 Å². The monoisotopic (exact) mass is 307 g/mol. The lowest BCUT2D eigenvalue weighted by atomic mass is 9.98. The van der Waals surface area contributed by atoms with Gasteiger partial charge in [0.15, 0.2) is 0 Å². The molecular weight excluding hydrogens is 294 g/mol. The summed E-state index contributed by atoms with van der Waals surface area (Å²) >= 11 is 3.47. The molecule has 3 rings (SSSR count). The second-order valence-corrected chi connectivity index (χ2v) is 5.34. The largest absolute Gasteiger partial charge is 0.508 e. The number of phenolic OH excluding ortho intramolecular Hbond substituents is 1. The van der Waals surface area contributed by atoms with E-state index in [9.17, 15) is 5.11 Å². The predicted octanol–water partition coefficient (Wildman–Crippen LogP) is 2.97. The third kappa shape index (κ3) is 2.11. The van der Waals surface area contributed by atoms with Crippen LogP contribution in [-0.4, -0.2) is 24.8 Å². The van der Waals surface area contributed by atoms with Crippen LogP contribution in [0.5, 0.6) is 5.75 Å². The molecule has 0 amide bonds. The van der Waals surface area contributed by atoms with E-state index >= 15 is 0 Å². The molecular formula is C14H14BrNO2. The number of ether oxygens (including phenoxy) is 1. The van der Waals surface area contributed by atoms with Crippen molar-refractivity contribution < 1.29 is 9.84 Å². The van der Waals surface area contributed by atoms with Gasteiger partial charge < -0.3 is 15.2 Å². The molecule has 18 heavy (non-hydrogen) atoms. The predicted molar refractivity (Wildman–Crippen MR) is 74.9 cm³/mol. The average Bonchev–Trinajstić information content (AvgIpc) is 2.40. The molecule has 1 aliphatic rings. The zero-order valence-corrected chi connectivity index (χ0v) is 11.4. The van der Waals surface area contributed by atoms with E-state index in [4.69, 9.17) is 4.74 Å². The van der Waals surface area contributed by atoms with Gasteiger partial charge in [-0.05, 0) is 29.0 Å². The van der Waals surface area contributed by atoms with Gasteiger partial charge in [0.05, 0.1) is 12.7 Å². The van der Waals surface area contributed by atoms with Crippen molar-refractivity contribution in [3.8, 4) is 5.75 Å². The van der Waals surface area contributed by atoms with Crippen molar-refractivity contribution in [2.45, 2.75) is 6.10 Å². The maximum absolute atomic E-state index is 10.1. The highest BCUT2D eigenvalue weighted by Gasteiger charge is 2.21. The Morgan fingerprint density at radius 2 is 2.17 bits per heavy atom. The van der Waals surface area contributed by atoms with Crippen molar-refractivity contribution in [2.75, 3.05) is 19.7 Å². The molecule has 0 spiro atoms. The zero-order chi connectivity index (χ0) is 12.5. The number of fused-ring (bicyclic) bond motifs is 1. The average molecular weight is 308 g/mol. The minimum Gasteiger partial charge on any atom is -0.508 e. The SMILES string of the molecule is Oc1ccc2cc(Br)ccc2c1C1CNCCO1. The standard InChI is InChI=1S/C14H14BrNO2/c15-10-2-3-11-9(7-10)1-4-12(17)14(11)13-8-16-5-6-18-13/h1-4,7,13,16-17H,5-6,8H2. The first kappa shape index (κ1) is 12.0. The first-order valence-electron chi connectivity index (χ1n) is 5.99. The molecule has 1 unspecified atom stereocenters. The number of rotatable bonds is 1. The Labute approximate surface area is 114 Å². The zero-order valence-electron chi connectivity index (χ0n) is 9.82. The molecule has 1 heterocycles.